The molecule has 32 heavy (non-hydrogen) atoms. The van der Waals surface area contributed by atoms with Crippen LogP contribution in [0.4, 0.5) is 11.5 Å². The van der Waals surface area contributed by atoms with Gasteiger partial charge in [-0.25, -0.2) is 4.98 Å². The molecule has 4 rings (SSSR count). The summed E-state index contributed by atoms with van der Waals surface area (Å²) in [5.41, 5.74) is 0.133. The zero-order valence-electron chi connectivity index (χ0n) is 18.9. The van der Waals surface area contributed by atoms with Gasteiger partial charge in [-0.2, -0.15) is 0 Å². The van der Waals surface area contributed by atoms with Crippen LogP contribution in [0, 0.1) is 5.41 Å². The average molecular weight is 436 g/mol. The van der Waals surface area contributed by atoms with Gasteiger partial charge in [0.05, 0.1) is 12.5 Å². The second kappa shape index (κ2) is 10.2. The Balaban J connectivity index is 1.55. The molecular weight excluding hydrogens is 402 g/mol. The second-order valence-corrected chi connectivity index (χ2v) is 9.01. The van der Waals surface area contributed by atoms with E-state index in [1.165, 1.54) is 13.5 Å². The van der Waals surface area contributed by atoms with Gasteiger partial charge in [-0.1, -0.05) is 43.5 Å². The van der Waals surface area contributed by atoms with Crippen LogP contribution < -0.4 is 9.80 Å². The van der Waals surface area contributed by atoms with Crippen LogP contribution in [0.25, 0.3) is 0 Å². The van der Waals surface area contributed by atoms with Crippen LogP contribution in [0.5, 0.6) is 0 Å². The molecule has 0 atom stereocenters. The summed E-state index contributed by atoms with van der Waals surface area (Å²) in [6, 6.07) is 16.0. The van der Waals surface area contributed by atoms with Gasteiger partial charge in [0.2, 0.25) is 5.91 Å². The highest BCUT2D eigenvalue weighted by Crippen LogP contribution is 2.39. The van der Waals surface area contributed by atoms with Gasteiger partial charge in [0.15, 0.2) is 0 Å². The lowest BCUT2D eigenvalue weighted by atomic mass is 9.75. The standard InChI is InChI=1S/C26H33N3O3/c1-32-25(31)26(15-18-28(19-16-26)23-14-8-9-17-27-23)20-24(30)29(21-10-4-2-5-11-21)22-12-6-3-7-13-22/h2,4-5,8-11,14,17,22H,3,6-7,12-13,15-16,18-20H2,1H3. The van der Waals surface area contributed by atoms with E-state index >= 15 is 0 Å². The fourth-order valence-electron chi connectivity index (χ4n) is 5.24. The maximum atomic E-state index is 13.8. The van der Waals surface area contributed by atoms with Crippen LogP contribution in [0.3, 0.4) is 0 Å². The first-order chi connectivity index (χ1) is 15.6. The number of pyridine rings is 1. The third-order valence-electron chi connectivity index (χ3n) is 7.04. The van der Waals surface area contributed by atoms with Gasteiger partial charge in [0.1, 0.15) is 5.82 Å². The summed E-state index contributed by atoms with van der Waals surface area (Å²) < 4.78 is 5.22. The molecule has 1 saturated carbocycles. The number of carbonyl (C=O) groups is 2. The lowest BCUT2D eigenvalue weighted by Gasteiger charge is -2.42. The monoisotopic (exact) mass is 435 g/mol. The summed E-state index contributed by atoms with van der Waals surface area (Å²) in [5.74, 6) is 0.661. The molecule has 1 aliphatic carbocycles. The molecule has 0 spiro atoms. The van der Waals surface area contributed by atoms with Crippen molar-refractivity contribution >= 4 is 23.4 Å². The Kier molecular flexibility index (Phi) is 7.08. The molecule has 1 aliphatic heterocycles. The van der Waals surface area contributed by atoms with Gasteiger partial charge >= 0.3 is 5.97 Å². The maximum absolute atomic E-state index is 13.8. The lowest BCUT2D eigenvalue weighted by molar-refractivity contribution is -0.156. The average Bonchev–Trinajstić information content (AvgIpc) is 2.86. The van der Waals surface area contributed by atoms with E-state index in [9.17, 15) is 9.59 Å². The van der Waals surface area contributed by atoms with E-state index in [1.807, 2.05) is 53.4 Å². The van der Waals surface area contributed by atoms with Crippen LogP contribution in [-0.2, 0) is 14.3 Å². The zero-order chi connectivity index (χ0) is 22.4. The SMILES string of the molecule is COC(=O)C1(CC(=O)N(c2ccccc2)C2CCCCC2)CCN(c2ccccn2)CC1. The van der Waals surface area contributed by atoms with E-state index < -0.39 is 5.41 Å². The van der Waals surface area contributed by atoms with Crippen molar-refractivity contribution in [1.82, 2.24) is 4.98 Å². The molecule has 170 valence electrons. The number of hydrogen-bond donors (Lipinski definition) is 0. The van der Waals surface area contributed by atoms with E-state index in [0.717, 1.165) is 37.2 Å². The first-order valence-electron chi connectivity index (χ1n) is 11.7. The van der Waals surface area contributed by atoms with Crippen molar-refractivity contribution in [2.45, 2.75) is 57.4 Å². The fraction of sp³-hybridized carbons (Fsp3) is 0.500. The van der Waals surface area contributed by atoms with Gasteiger partial charge in [0, 0.05) is 37.4 Å². The molecule has 2 fully saturated rings. The fourth-order valence-corrected chi connectivity index (χ4v) is 5.24. The predicted octanol–water partition coefficient (Wildman–Crippen LogP) is 4.60. The Hall–Kier alpha value is -2.89. The molecule has 2 heterocycles. The second-order valence-electron chi connectivity index (χ2n) is 9.01. The van der Waals surface area contributed by atoms with Crippen LogP contribution >= 0.6 is 0 Å². The van der Waals surface area contributed by atoms with Crippen molar-refractivity contribution < 1.29 is 14.3 Å². The smallest absolute Gasteiger partial charge is 0.312 e. The number of methoxy groups -OCH3 is 1. The molecule has 0 radical (unpaired) electrons. The summed E-state index contributed by atoms with van der Waals surface area (Å²) >= 11 is 0. The molecule has 1 amide bonds. The summed E-state index contributed by atoms with van der Waals surface area (Å²) in [4.78, 5) is 35.3. The normalized spacial score (nSPS) is 18.7. The van der Waals surface area contributed by atoms with E-state index in [0.29, 0.717) is 25.9 Å². The third kappa shape index (κ3) is 4.79. The lowest BCUT2D eigenvalue weighted by Crippen LogP contribution is -2.50. The Labute approximate surface area is 190 Å². The molecule has 2 aliphatic rings. The first-order valence-corrected chi connectivity index (χ1v) is 11.7. The van der Waals surface area contributed by atoms with Crippen molar-refractivity contribution in [3.05, 3.63) is 54.7 Å². The maximum Gasteiger partial charge on any atom is 0.312 e. The van der Waals surface area contributed by atoms with Crippen molar-refractivity contribution in [3.8, 4) is 0 Å². The zero-order valence-corrected chi connectivity index (χ0v) is 18.9. The Bertz CT molecular complexity index is 889. The van der Waals surface area contributed by atoms with Crippen molar-refractivity contribution in [1.29, 1.82) is 0 Å². The molecule has 6 heteroatoms. The minimum absolute atomic E-state index is 0.0276. The summed E-state index contributed by atoms with van der Waals surface area (Å²) in [5, 5.41) is 0. The van der Waals surface area contributed by atoms with Crippen molar-refractivity contribution in [3.63, 3.8) is 0 Å². The molecule has 2 aromatic rings. The molecule has 6 nitrogen and oxygen atoms in total. The van der Waals surface area contributed by atoms with Gasteiger partial charge in [-0.3, -0.25) is 9.59 Å². The number of anilines is 2. The van der Waals surface area contributed by atoms with E-state index in [1.54, 1.807) is 6.20 Å². The highest BCUT2D eigenvalue weighted by Gasteiger charge is 2.46. The molecule has 0 N–H and O–H groups in total. The van der Waals surface area contributed by atoms with Gasteiger partial charge in [-0.05, 0) is 49.9 Å². The van der Waals surface area contributed by atoms with Crippen LogP contribution in [0.1, 0.15) is 51.4 Å². The minimum atomic E-state index is -0.793. The van der Waals surface area contributed by atoms with E-state index in [4.69, 9.17) is 4.74 Å². The third-order valence-corrected chi connectivity index (χ3v) is 7.04. The van der Waals surface area contributed by atoms with E-state index in [-0.39, 0.29) is 24.3 Å². The minimum Gasteiger partial charge on any atom is -0.469 e. The Morgan fingerprint density at radius 3 is 2.34 bits per heavy atom. The quantitative estimate of drug-likeness (QED) is 0.621. The number of ether oxygens (including phenoxy) is 1. The molecule has 1 aromatic carbocycles. The molecular formula is C26H33N3O3. The Morgan fingerprint density at radius 2 is 1.72 bits per heavy atom. The number of rotatable bonds is 6. The number of esters is 1. The van der Waals surface area contributed by atoms with Gasteiger partial charge in [0.25, 0.3) is 0 Å². The number of carbonyl (C=O) groups excluding carboxylic acids is 2. The molecule has 0 bridgehead atoms. The van der Waals surface area contributed by atoms with Gasteiger partial charge in [-0.15, -0.1) is 0 Å². The summed E-state index contributed by atoms with van der Waals surface area (Å²) in [7, 11) is 1.43. The van der Waals surface area contributed by atoms with Crippen LogP contribution in [0.2, 0.25) is 0 Å². The largest absolute Gasteiger partial charge is 0.469 e. The molecule has 1 aromatic heterocycles. The number of para-hydroxylation sites is 1. The Morgan fingerprint density at radius 1 is 1.03 bits per heavy atom. The number of amides is 1. The highest BCUT2D eigenvalue weighted by atomic mass is 16.5. The first kappa shape index (κ1) is 22.3. The number of aromatic nitrogens is 1. The predicted molar refractivity (Wildman–Crippen MR) is 126 cm³/mol. The van der Waals surface area contributed by atoms with Crippen molar-refractivity contribution in [2.24, 2.45) is 5.41 Å². The van der Waals surface area contributed by atoms with Gasteiger partial charge < -0.3 is 14.5 Å². The highest BCUT2D eigenvalue weighted by molar-refractivity contribution is 5.97. The van der Waals surface area contributed by atoms with Crippen LogP contribution in [0.15, 0.2) is 54.7 Å². The number of nitrogens with zero attached hydrogens (tertiary/aromatic N) is 3. The molecule has 1 saturated heterocycles. The summed E-state index contributed by atoms with van der Waals surface area (Å²) in [6.07, 6.45) is 8.65. The molecule has 0 unspecified atom stereocenters. The topological polar surface area (TPSA) is 62.7 Å². The number of benzene rings is 1. The number of hydrogen-bond acceptors (Lipinski definition) is 5. The summed E-state index contributed by atoms with van der Waals surface area (Å²) in [6.45, 7) is 1.35. The van der Waals surface area contributed by atoms with Crippen LogP contribution in [-0.4, -0.2) is 43.1 Å². The number of piperidine rings is 1. The van der Waals surface area contributed by atoms with E-state index in [2.05, 4.69) is 9.88 Å². The van der Waals surface area contributed by atoms with Crippen molar-refractivity contribution in [2.75, 3.05) is 30.0 Å².